The molecule has 1 aromatic carbocycles. The van der Waals surface area contributed by atoms with Gasteiger partial charge in [0.05, 0.1) is 16.6 Å². The first kappa shape index (κ1) is 13.0. The van der Waals surface area contributed by atoms with Gasteiger partial charge in [-0.15, -0.1) is 0 Å². The van der Waals surface area contributed by atoms with Crippen molar-refractivity contribution in [3.05, 3.63) is 33.8 Å². The third kappa shape index (κ3) is 3.26. The Morgan fingerprint density at radius 2 is 1.94 bits per heavy atom. The van der Waals surface area contributed by atoms with E-state index in [1.54, 1.807) is 0 Å². The molecular formula is C13H15BrF2O. The molecule has 1 aliphatic carbocycles. The predicted molar refractivity (Wildman–Crippen MR) is 65.7 cm³/mol. The number of hydrogen-bond donors (Lipinski definition) is 0. The van der Waals surface area contributed by atoms with Crippen molar-refractivity contribution in [1.82, 2.24) is 0 Å². The topological polar surface area (TPSA) is 9.23 Å². The van der Waals surface area contributed by atoms with Gasteiger partial charge >= 0.3 is 0 Å². The molecular weight excluding hydrogens is 290 g/mol. The zero-order chi connectivity index (χ0) is 12.3. The first-order valence-electron chi connectivity index (χ1n) is 5.88. The van der Waals surface area contributed by atoms with Crippen LogP contribution in [0.1, 0.15) is 31.2 Å². The summed E-state index contributed by atoms with van der Waals surface area (Å²) in [5.41, 5.74) is 0.0115. The zero-order valence-electron chi connectivity index (χ0n) is 9.52. The molecule has 94 valence electrons. The van der Waals surface area contributed by atoms with E-state index in [0.717, 1.165) is 0 Å². The summed E-state index contributed by atoms with van der Waals surface area (Å²) in [5.74, 6) is -0.540. The van der Waals surface area contributed by atoms with Crippen LogP contribution < -0.4 is 0 Å². The first-order valence-corrected chi connectivity index (χ1v) is 6.68. The highest BCUT2D eigenvalue weighted by Gasteiger charge is 2.17. The molecule has 0 bridgehead atoms. The second kappa shape index (κ2) is 5.91. The van der Waals surface area contributed by atoms with E-state index in [1.165, 1.54) is 37.8 Å². The Kier molecular flexibility index (Phi) is 4.51. The quantitative estimate of drug-likeness (QED) is 0.748. The number of halogens is 3. The molecule has 0 spiro atoms. The molecule has 0 saturated heterocycles. The van der Waals surface area contributed by atoms with Crippen molar-refractivity contribution in [1.29, 1.82) is 0 Å². The lowest BCUT2D eigenvalue weighted by atomic mass is 10.1. The summed E-state index contributed by atoms with van der Waals surface area (Å²) in [4.78, 5) is 0. The molecule has 1 nitrogen and oxygen atoms in total. The second-order valence-electron chi connectivity index (χ2n) is 4.49. The molecule has 1 fully saturated rings. The Hall–Kier alpha value is -0.480. The number of rotatable bonds is 4. The van der Waals surface area contributed by atoms with Gasteiger partial charge in [-0.05, 0) is 46.8 Å². The van der Waals surface area contributed by atoms with Crippen molar-refractivity contribution in [3.63, 3.8) is 0 Å². The van der Waals surface area contributed by atoms with Gasteiger partial charge in [0, 0.05) is 6.61 Å². The number of hydrogen-bond acceptors (Lipinski definition) is 1. The van der Waals surface area contributed by atoms with E-state index in [1.807, 2.05) is 0 Å². The van der Waals surface area contributed by atoms with Crippen LogP contribution in [0, 0.1) is 17.6 Å². The van der Waals surface area contributed by atoms with E-state index in [9.17, 15) is 8.78 Å². The highest BCUT2D eigenvalue weighted by molar-refractivity contribution is 9.10. The fourth-order valence-electron chi connectivity index (χ4n) is 2.21. The third-order valence-corrected chi connectivity index (χ3v) is 3.83. The largest absolute Gasteiger partial charge is 0.376 e. The van der Waals surface area contributed by atoms with E-state index in [2.05, 4.69) is 15.9 Å². The fourth-order valence-corrected chi connectivity index (χ4v) is 2.58. The Bertz CT molecular complexity index is 389. The summed E-state index contributed by atoms with van der Waals surface area (Å²) in [6.07, 6.45) is 4.83. The van der Waals surface area contributed by atoms with Gasteiger partial charge in [0.2, 0.25) is 0 Å². The fraction of sp³-hybridized carbons (Fsp3) is 0.538. The smallest absolute Gasteiger partial charge is 0.145 e. The van der Waals surface area contributed by atoms with Crippen molar-refractivity contribution in [2.75, 3.05) is 6.61 Å². The van der Waals surface area contributed by atoms with Gasteiger partial charge < -0.3 is 4.74 Å². The lowest BCUT2D eigenvalue weighted by Crippen LogP contribution is -2.07. The Balaban J connectivity index is 1.91. The summed E-state index contributed by atoms with van der Waals surface area (Å²) in [6.45, 7) is 0.610. The van der Waals surface area contributed by atoms with Crippen LogP contribution in [0.5, 0.6) is 0 Å². The van der Waals surface area contributed by atoms with Crippen molar-refractivity contribution < 1.29 is 13.5 Å². The van der Waals surface area contributed by atoms with Gasteiger partial charge in [-0.1, -0.05) is 12.8 Å². The average molecular weight is 305 g/mol. The molecule has 17 heavy (non-hydrogen) atoms. The molecule has 2 rings (SSSR count). The van der Waals surface area contributed by atoms with Crippen LogP contribution in [0.25, 0.3) is 0 Å². The maximum absolute atomic E-state index is 13.6. The van der Waals surface area contributed by atoms with Crippen molar-refractivity contribution in [3.8, 4) is 0 Å². The lowest BCUT2D eigenvalue weighted by molar-refractivity contribution is 0.0848. The molecule has 1 aromatic rings. The number of ether oxygens (including phenoxy) is 1. The molecule has 1 saturated carbocycles. The highest BCUT2D eigenvalue weighted by Crippen LogP contribution is 2.26. The first-order chi connectivity index (χ1) is 8.18. The minimum atomic E-state index is -0.559. The lowest BCUT2D eigenvalue weighted by Gasteiger charge is -2.11. The summed E-state index contributed by atoms with van der Waals surface area (Å²) < 4.78 is 32.7. The highest BCUT2D eigenvalue weighted by atomic mass is 79.9. The second-order valence-corrected chi connectivity index (χ2v) is 5.34. The average Bonchev–Trinajstić information content (AvgIpc) is 2.81. The molecule has 0 aliphatic heterocycles. The van der Waals surface area contributed by atoms with Crippen LogP contribution in [-0.2, 0) is 11.3 Å². The standard InChI is InChI=1S/C13H15BrF2O/c14-11-5-6-12(15)10(13(11)16)8-17-7-9-3-1-2-4-9/h5-6,9H,1-4,7-8H2. The number of benzene rings is 1. The summed E-state index contributed by atoms with van der Waals surface area (Å²) >= 11 is 3.04. The molecule has 0 heterocycles. The van der Waals surface area contributed by atoms with Gasteiger partial charge in [-0.3, -0.25) is 0 Å². The molecule has 0 radical (unpaired) electrons. The Morgan fingerprint density at radius 1 is 1.24 bits per heavy atom. The van der Waals surface area contributed by atoms with Gasteiger partial charge in [-0.25, -0.2) is 8.78 Å². The van der Waals surface area contributed by atoms with E-state index >= 15 is 0 Å². The molecule has 0 aromatic heterocycles. The van der Waals surface area contributed by atoms with Gasteiger partial charge in [-0.2, -0.15) is 0 Å². The summed E-state index contributed by atoms with van der Waals surface area (Å²) in [5, 5.41) is 0. The molecule has 0 amide bonds. The SMILES string of the molecule is Fc1ccc(Br)c(F)c1COCC1CCCC1. The minimum absolute atomic E-state index is 0.00755. The van der Waals surface area contributed by atoms with Crippen LogP contribution in [0.2, 0.25) is 0 Å². The normalized spacial score (nSPS) is 16.6. The molecule has 0 unspecified atom stereocenters. The maximum atomic E-state index is 13.6. The monoisotopic (exact) mass is 304 g/mol. The van der Waals surface area contributed by atoms with Gasteiger partial charge in [0.15, 0.2) is 0 Å². The molecule has 1 aliphatic rings. The predicted octanol–water partition coefficient (Wildman–Crippen LogP) is 4.43. The Morgan fingerprint density at radius 3 is 2.65 bits per heavy atom. The van der Waals surface area contributed by atoms with E-state index in [0.29, 0.717) is 12.5 Å². The van der Waals surface area contributed by atoms with Crippen molar-refractivity contribution in [2.45, 2.75) is 32.3 Å². The summed E-state index contributed by atoms with van der Waals surface area (Å²) in [6, 6.07) is 2.62. The van der Waals surface area contributed by atoms with E-state index in [4.69, 9.17) is 4.74 Å². The molecule has 0 atom stereocenters. The molecule has 4 heteroatoms. The van der Waals surface area contributed by atoms with E-state index in [-0.39, 0.29) is 16.6 Å². The van der Waals surface area contributed by atoms with Crippen LogP contribution in [0.15, 0.2) is 16.6 Å². The van der Waals surface area contributed by atoms with Gasteiger partial charge in [0.25, 0.3) is 0 Å². The Labute approximate surface area is 108 Å². The van der Waals surface area contributed by atoms with E-state index < -0.39 is 11.6 Å². The van der Waals surface area contributed by atoms with Gasteiger partial charge in [0.1, 0.15) is 11.6 Å². The van der Waals surface area contributed by atoms with Crippen LogP contribution in [0.3, 0.4) is 0 Å². The van der Waals surface area contributed by atoms with Crippen LogP contribution >= 0.6 is 15.9 Å². The van der Waals surface area contributed by atoms with Crippen LogP contribution in [0.4, 0.5) is 8.78 Å². The van der Waals surface area contributed by atoms with Crippen LogP contribution in [-0.4, -0.2) is 6.61 Å². The maximum Gasteiger partial charge on any atom is 0.145 e. The van der Waals surface area contributed by atoms with Crippen molar-refractivity contribution >= 4 is 15.9 Å². The third-order valence-electron chi connectivity index (χ3n) is 3.21. The van der Waals surface area contributed by atoms with Crippen molar-refractivity contribution in [2.24, 2.45) is 5.92 Å². The molecule has 0 N–H and O–H groups in total. The summed E-state index contributed by atoms with van der Waals surface area (Å²) in [7, 11) is 0. The minimum Gasteiger partial charge on any atom is -0.376 e. The zero-order valence-corrected chi connectivity index (χ0v) is 11.1.